The molecule has 0 unspecified atom stereocenters. The van der Waals surface area contributed by atoms with Gasteiger partial charge in [-0.25, -0.2) is 13.2 Å². The van der Waals surface area contributed by atoms with E-state index in [0.29, 0.717) is 51.0 Å². The summed E-state index contributed by atoms with van der Waals surface area (Å²) >= 11 is 0. The first-order valence-corrected chi connectivity index (χ1v) is 20.6. The lowest BCUT2D eigenvalue weighted by atomic mass is 9.83. The Bertz CT molecular complexity index is 1390. The molecule has 0 aromatic rings. The fourth-order valence-electron chi connectivity index (χ4n) is 7.39. The van der Waals surface area contributed by atoms with Gasteiger partial charge in [0.05, 0.1) is 22.1 Å². The number of Topliss-reactive ketones (excluding diaryl/α,β-unsaturated/α-hetero) is 1. The van der Waals surface area contributed by atoms with E-state index in [1.807, 2.05) is 20.8 Å². The Balaban J connectivity index is 1.87. The van der Waals surface area contributed by atoms with Gasteiger partial charge in [0.25, 0.3) is 5.91 Å². The van der Waals surface area contributed by atoms with Crippen LogP contribution in [0, 0.1) is 23.2 Å². The molecule has 3 fully saturated rings. The molecule has 2 saturated carbocycles. The Morgan fingerprint density at radius 2 is 1.57 bits per heavy atom. The SMILES string of the molecule is C=CCNC(=O)C(=O)[C@H](CCC1CC1)NC(=O)[C@@H]1[C@@H](CC(C)C)CCN1C(=O)[C@@H](NC(=O)NC1(CS(=O)(=O)C(C)(C)C)CCCCC1)C(C)(C)C. The third-order valence-corrected chi connectivity index (χ3v) is 13.4. The fraction of sp³-hybridized carbons (Fsp3) is 0.816. The molecular formula is C38H65N5O7S. The first kappa shape index (κ1) is 42.5. The second-order valence-corrected chi connectivity index (χ2v) is 20.5. The number of likely N-dealkylation sites (tertiary alicyclic amines) is 1. The molecule has 3 rings (SSSR count). The molecule has 3 aliphatic rings. The summed E-state index contributed by atoms with van der Waals surface area (Å²) in [6.45, 7) is 18.6. The number of rotatable bonds is 16. The van der Waals surface area contributed by atoms with Crippen LogP contribution in [0.4, 0.5) is 4.79 Å². The van der Waals surface area contributed by atoms with Gasteiger partial charge in [-0.05, 0) is 82.5 Å². The number of ketones is 1. The number of amides is 5. The maximum Gasteiger partial charge on any atom is 0.315 e. The summed E-state index contributed by atoms with van der Waals surface area (Å²) in [5, 5.41) is 11.3. The second-order valence-electron chi connectivity index (χ2n) is 17.7. The zero-order valence-electron chi connectivity index (χ0n) is 32.4. The van der Waals surface area contributed by atoms with Crippen LogP contribution in [-0.4, -0.2) is 90.1 Å². The molecule has 0 spiro atoms. The Labute approximate surface area is 306 Å². The first-order chi connectivity index (χ1) is 23.6. The average Bonchev–Trinajstić information content (AvgIpc) is 3.76. The molecule has 12 nitrogen and oxygen atoms in total. The van der Waals surface area contributed by atoms with E-state index in [9.17, 15) is 32.4 Å². The fourth-order valence-corrected chi connectivity index (χ4v) is 8.91. The molecule has 1 aliphatic heterocycles. The summed E-state index contributed by atoms with van der Waals surface area (Å²) in [6, 6.07) is -3.59. The number of hydrogen-bond acceptors (Lipinski definition) is 7. The largest absolute Gasteiger partial charge is 0.346 e. The maximum absolute atomic E-state index is 14.5. The van der Waals surface area contributed by atoms with Crippen molar-refractivity contribution < 1.29 is 32.4 Å². The summed E-state index contributed by atoms with van der Waals surface area (Å²) in [5.41, 5.74) is -1.73. The van der Waals surface area contributed by atoms with Crippen molar-refractivity contribution in [3.05, 3.63) is 12.7 Å². The molecule has 4 atom stereocenters. The molecular weight excluding hydrogens is 671 g/mol. The smallest absolute Gasteiger partial charge is 0.315 e. The standard InChI is InChI=1S/C38H65N5O7S/c1-10-21-39-33(46)30(44)28(17-16-26-14-15-26)40-32(45)29-27(23-25(2)3)18-22-43(29)34(47)31(36(4,5)6)41-35(48)42-38(19-12-11-13-20-38)24-51(49,50)37(7,8)9/h10,25-29,31H,1,11-24H2,2-9H3,(H,39,46)(H,40,45)(H2,41,42,48)/t27-,28+,29+,31-/m1/s1. The Morgan fingerprint density at radius 3 is 2.10 bits per heavy atom. The van der Waals surface area contributed by atoms with Gasteiger partial charge >= 0.3 is 6.03 Å². The van der Waals surface area contributed by atoms with Crippen LogP contribution < -0.4 is 21.3 Å². The predicted molar refractivity (Wildman–Crippen MR) is 199 cm³/mol. The predicted octanol–water partition coefficient (Wildman–Crippen LogP) is 4.43. The van der Waals surface area contributed by atoms with E-state index in [2.05, 4.69) is 41.7 Å². The quantitative estimate of drug-likeness (QED) is 0.134. The van der Waals surface area contributed by atoms with E-state index in [1.165, 1.54) is 11.0 Å². The van der Waals surface area contributed by atoms with Crippen LogP contribution in [-0.2, 0) is 29.0 Å². The number of sulfone groups is 1. The Kier molecular flexibility index (Phi) is 14.4. The minimum atomic E-state index is -3.57. The van der Waals surface area contributed by atoms with Gasteiger partial charge in [0.15, 0.2) is 9.84 Å². The van der Waals surface area contributed by atoms with Crippen LogP contribution in [0.1, 0.15) is 126 Å². The summed E-state index contributed by atoms with van der Waals surface area (Å²) in [6.07, 6.45) is 9.40. The summed E-state index contributed by atoms with van der Waals surface area (Å²) in [4.78, 5) is 70.0. The van der Waals surface area contributed by atoms with Gasteiger partial charge in [-0.1, -0.05) is 72.8 Å². The van der Waals surface area contributed by atoms with E-state index in [0.717, 1.165) is 32.1 Å². The number of nitrogens with one attached hydrogen (secondary N) is 4. The second kappa shape index (κ2) is 17.2. The van der Waals surface area contributed by atoms with Gasteiger partial charge in [-0.15, -0.1) is 6.58 Å². The topological polar surface area (TPSA) is 171 Å². The molecule has 0 aromatic carbocycles. The van der Waals surface area contributed by atoms with Crippen LogP contribution >= 0.6 is 0 Å². The van der Waals surface area contributed by atoms with E-state index in [-0.39, 0.29) is 24.1 Å². The van der Waals surface area contributed by atoms with Gasteiger partial charge in [-0.3, -0.25) is 19.2 Å². The summed E-state index contributed by atoms with van der Waals surface area (Å²) < 4.78 is 25.7. The monoisotopic (exact) mass is 735 g/mol. The van der Waals surface area contributed by atoms with Crippen LogP contribution in [0.25, 0.3) is 0 Å². The molecule has 51 heavy (non-hydrogen) atoms. The molecule has 0 radical (unpaired) electrons. The Hall–Kier alpha value is -2.96. The average molecular weight is 736 g/mol. The molecule has 0 aromatic heterocycles. The van der Waals surface area contributed by atoms with E-state index in [1.54, 1.807) is 20.8 Å². The van der Waals surface area contributed by atoms with Crippen molar-refractivity contribution in [1.82, 2.24) is 26.2 Å². The molecule has 1 heterocycles. The van der Waals surface area contributed by atoms with Crippen LogP contribution in [0.3, 0.4) is 0 Å². The van der Waals surface area contributed by atoms with Crippen molar-refractivity contribution in [2.45, 2.75) is 154 Å². The minimum Gasteiger partial charge on any atom is -0.346 e. The lowest BCUT2D eigenvalue weighted by Crippen LogP contribution is -2.64. The number of urea groups is 1. The van der Waals surface area contributed by atoms with E-state index < -0.39 is 73.2 Å². The van der Waals surface area contributed by atoms with Gasteiger partial charge < -0.3 is 26.2 Å². The molecule has 1 saturated heterocycles. The maximum atomic E-state index is 14.5. The summed E-state index contributed by atoms with van der Waals surface area (Å²) in [7, 11) is -3.57. The van der Waals surface area contributed by atoms with Crippen molar-refractivity contribution in [1.29, 1.82) is 0 Å². The Morgan fingerprint density at radius 1 is 0.941 bits per heavy atom. The third kappa shape index (κ3) is 11.8. The normalized spacial score (nSPS) is 22.1. The number of carbonyl (C=O) groups excluding carboxylic acids is 5. The number of nitrogens with zero attached hydrogens (tertiary/aromatic N) is 1. The van der Waals surface area contributed by atoms with Crippen molar-refractivity contribution >= 4 is 39.4 Å². The number of carbonyl (C=O) groups is 5. The molecule has 2 aliphatic carbocycles. The van der Waals surface area contributed by atoms with E-state index in [4.69, 9.17) is 0 Å². The van der Waals surface area contributed by atoms with Crippen LogP contribution in [0.2, 0.25) is 0 Å². The highest BCUT2D eigenvalue weighted by Gasteiger charge is 2.48. The van der Waals surface area contributed by atoms with Gasteiger partial charge in [-0.2, -0.15) is 0 Å². The highest BCUT2D eigenvalue weighted by Crippen LogP contribution is 2.36. The zero-order valence-corrected chi connectivity index (χ0v) is 33.2. The lowest BCUT2D eigenvalue weighted by Gasteiger charge is -2.41. The highest BCUT2D eigenvalue weighted by molar-refractivity contribution is 7.92. The van der Waals surface area contributed by atoms with Crippen LogP contribution in [0.5, 0.6) is 0 Å². The zero-order chi connectivity index (χ0) is 38.4. The van der Waals surface area contributed by atoms with Crippen LogP contribution in [0.15, 0.2) is 12.7 Å². The van der Waals surface area contributed by atoms with Gasteiger partial charge in [0.2, 0.25) is 17.6 Å². The highest BCUT2D eigenvalue weighted by atomic mass is 32.2. The third-order valence-electron chi connectivity index (χ3n) is 10.7. The molecule has 13 heteroatoms. The lowest BCUT2D eigenvalue weighted by molar-refractivity contribution is -0.144. The van der Waals surface area contributed by atoms with Crippen molar-refractivity contribution in [3.8, 4) is 0 Å². The minimum absolute atomic E-state index is 0.123. The van der Waals surface area contributed by atoms with Crippen molar-refractivity contribution in [2.24, 2.45) is 23.2 Å². The molecule has 5 amide bonds. The molecule has 4 N–H and O–H groups in total. The number of hydrogen-bond donors (Lipinski definition) is 4. The molecule has 0 bridgehead atoms. The van der Waals surface area contributed by atoms with E-state index >= 15 is 0 Å². The summed E-state index contributed by atoms with van der Waals surface area (Å²) in [5.74, 6) is -2.10. The van der Waals surface area contributed by atoms with Crippen molar-refractivity contribution in [2.75, 3.05) is 18.8 Å². The first-order valence-electron chi connectivity index (χ1n) is 19.0. The van der Waals surface area contributed by atoms with Gasteiger partial charge in [0.1, 0.15) is 12.1 Å². The van der Waals surface area contributed by atoms with Crippen molar-refractivity contribution in [3.63, 3.8) is 0 Å². The molecule has 290 valence electrons. The van der Waals surface area contributed by atoms with Gasteiger partial charge in [0, 0.05) is 13.1 Å².